The third-order valence-electron chi connectivity index (χ3n) is 6.96. The summed E-state index contributed by atoms with van der Waals surface area (Å²) in [5.74, 6) is 0.276. The SMILES string of the molecule is Cc1cc(C(=O)CN2CCN(C3CCCC3)CC2)c(C)n1CCc1ccccc1. The molecule has 1 saturated carbocycles. The molecule has 0 unspecified atom stereocenters. The van der Waals surface area contributed by atoms with Crippen molar-refractivity contribution in [1.29, 1.82) is 0 Å². The lowest BCUT2D eigenvalue weighted by molar-refractivity contribution is 0.0774. The van der Waals surface area contributed by atoms with Gasteiger partial charge < -0.3 is 4.57 Å². The van der Waals surface area contributed by atoms with E-state index < -0.39 is 0 Å². The summed E-state index contributed by atoms with van der Waals surface area (Å²) in [6, 6.07) is 13.5. The van der Waals surface area contributed by atoms with Crippen molar-refractivity contribution in [2.75, 3.05) is 32.7 Å². The van der Waals surface area contributed by atoms with Gasteiger partial charge in [-0.3, -0.25) is 14.6 Å². The molecule has 1 aromatic carbocycles. The van der Waals surface area contributed by atoms with E-state index >= 15 is 0 Å². The summed E-state index contributed by atoms with van der Waals surface area (Å²) in [5.41, 5.74) is 4.56. The molecule has 0 atom stereocenters. The van der Waals surface area contributed by atoms with E-state index in [4.69, 9.17) is 0 Å². The first-order chi connectivity index (χ1) is 14.1. The maximum absolute atomic E-state index is 13.0. The van der Waals surface area contributed by atoms with Gasteiger partial charge in [-0.2, -0.15) is 0 Å². The van der Waals surface area contributed by atoms with Crippen LogP contribution in [0, 0.1) is 13.8 Å². The van der Waals surface area contributed by atoms with E-state index in [0.717, 1.165) is 56.4 Å². The van der Waals surface area contributed by atoms with E-state index in [9.17, 15) is 4.79 Å². The van der Waals surface area contributed by atoms with Crippen LogP contribution >= 0.6 is 0 Å². The minimum atomic E-state index is 0.276. The maximum Gasteiger partial charge on any atom is 0.178 e. The number of piperazine rings is 1. The molecule has 1 aliphatic heterocycles. The van der Waals surface area contributed by atoms with Gasteiger partial charge in [0, 0.05) is 55.7 Å². The fraction of sp³-hybridized carbons (Fsp3) is 0.560. The molecule has 0 amide bonds. The number of benzene rings is 1. The molecule has 4 heteroatoms. The number of hydrogen-bond acceptors (Lipinski definition) is 3. The molecule has 1 aliphatic carbocycles. The van der Waals surface area contributed by atoms with Crippen molar-refractivity contribution in [3.63, 3.8) is 0 Å². The predicted octanol–water partition coefficient (Wildman–Crippen LogP) is 4.09. The summed E-state index contributed by atoms with van der Waals surface area (Å²) in [4.78, 5) is 18.0. The number of nitrogens with zero attached hydrogens (tertiary/aromatic N) is 3. The third kappa shape index (κ3) is 4.81. The van der Waals surface area contributed by atoms with Crippen LogP contribution in [0.5, 0.6) is 0 Å². The van der Waals surface area contributed by atoms with E-state index in [-0.39, 0.29) is 5.78 Å². The number of carbonyl (C=O) groups is 1. The average molecular weight is 394 g/mol. The van der Waals surface area contributed by atoms with Crippen molar-refractivity contribution in [1.82, 2.24) is 14.4 Å². The molecule has 4 rings (SSSR count). The van der Waals surface area contributed by atoms with E-state index in [0.29, 0.717) is 6.54 Å². The van der Waals surface area contributed by atoms with Crippen LogP contribution in [0.4, 0.5) is 0 Å². The lowest BCUT2D eigenvalue weighted by Gasteiger charge is -2.37. The van der Waals surface area contributed by atoms with Crippen LogP contribution in [-0.4, -0.2) is 58.9 Å². The summed E-state index contributed by atoms with van der Waals surface area (Å²) in [7, 11) is 0. The normalized spacial score (nSPS) is 19.1. The van der Waals surface area contributed by atoms with Crippen molar-refractivity contribution in [2.24, 2.45) is 0 Å². The van der Waals surface area contributed by atoms with Gasteiger partial charge in [-0.1, -0.05) is 43.2 Å². The Labute approximate surface area is 175 Å². The Morgan fingerprint density at radius 2 is 1.69 bits per heavy atom. The Morgan fingerprint density at radius 1 is 1.00 bits per heavy atom. The molecule has 156 valence electrons. The van der Waals surface area contributed by atoms with Crippen LogP contribution in [0.2, 0.25) is 0 Å². The van der Waals surface area contributed by atoms with Gasteiger partial charge in [0.1, 0.15) is 0 Å². The zero-order valence-corrected chi connectivity index (χ0v) is 18.1. The second-order valence-electron chi connectivity index (χ2n) is 8.85. The molecule has 1 saturated heterocycles. The molecule has 0 N–H and O–H groups in total. The highest BCUT2D eigenvalue weighted by Gasteiger charge is 2.27. The Hall–Kier alpha value is -1.91. The fourth-order valence-corrected chi connectivity index (χ4v) is 5.16. The molecule has 2 aromatic rings. The molecule has 2 aliphatic rings. The van der Waals surface area contributed by atoms with Gasteiger partial charge in [0.05, 0.1) is 6.54 Å². The van der Waals surface area contributed by atoms with Crippen LogP contribution in [0.1, 0.15) is 53.0 Å². The van der Waals surface area contributed by atoms with E-state index in [2.05, 4.69) is 64.6 Å². The van der Waals surface area contributed by atoms with Crippen LogP contribution in [0.25, 0.3) is 0 Å². The molecule has 0 bridgehead atoms. The molecule has 4 nitrogen and oxygen atoms in total. The average Bonchev–Trinajstić information content (AvgIpc) is 3.37. The maximum atomic E-state index is 13.0. The monoisotopic (exact) mass is 393 g/mol. The molecule has 0 radical (unpaired) electrons. The Morgan fingerprint density at radius 3 is 2.38 bits per heavy atom. The first kappa shape index (κ1) is 20.4. The number of hydrogen-bond donors (Lipinski definition) is 0. The molecular weight excluding hydrogens is 358 g/mol. The van der Waals surface area contributed by atoms with E-state index in [1.165, 1.54) is 36.9 Å². The molecule has 0 spiro atoms. The van der Waals surface area contributed by atoms with Crippen molar-refractivity contribution in [3.05, 3.63) is 58.9 Å². The highest BCUT2D eigenvalue weighted by molar-refractivity contribution is 5.99. The summed E-state index contributed by atoms with van der Waals surface area (Å²) < 4.78 is 2.30. The van der Waals surface area contributed by atoms with Gasteiger partial charge in [-0.05, 0) is 44.7 Å². The highest BCUT2D eigenvalue weighted by atomic mass is 16.1. The fourth-order valence-electron chi connectivity index (χ4n) is 5.16. The van der Waals surface area contributed by atoms with Crippen LogP contribution in [0.3, 0.4) is 0 Å². The van der Waals surface area contributed by atoms with Crippen molar-refractivity contribution in [2.45, 2.75) is 58.5 Å². The van der Waals surface area contributed by atoms with Crippen LogP contribution in [-0.2, 0) is 13.0 Å². The third-order valence-corrected chi connectivity index (χ3v) is 6.96. The largest absolute Gasteiger partial charge is 0.348 e. The van der Waals surface area contributed by atoms with Crippen molar-refractivity contribution in [3.8, 4) is 0 Å². The summed E-state index contributed by atoms with van der Waals surface area (Å²) in [6.07, 6.45) is 6.52. The lowest BCUT2D eigenvalue weighted by atomic mass is 10.1. The van der Waals surface area contributed by atoms with Gasteiger partial charge >= 0.3 is 0 Å². The van der Waals surface area contributed by atoms with Gasteiger partial charge in [-0.15, -0.1) is 0 Å². The highest BCUT2D eigenvalue weighted by Crippen LogP contribution is 2.24. The van der Waals surface area contributed by atoms with Gasteiger partial charge in [0.15, 0.2) is 5.78 Å². The number of carbonyl (C=O) groups excluding carboxylic acids is 1. The quantitative estimate of drug-likeness (QED) is 0.664. The van der Waals surface area contributed by atoms with Crippen LogP contribution < -0.4 is 0 Å². The van der Waals surface area contributed by atoms with Crippen molar-refractivity contribution >= 4 is 5.78 Å². The minimum absolute atomic E-state index is 0.276. The Balaban J connectivity index is 1.33. The first-order valence-corrected chi connectivity index (χ1v) is 11.3. The second kappa shape index (κ2) is 9.27. The van der Waals surface area contributed by atoms with Crippen LogP contribution in [0.15, 0.2) is 36.4 Å². The topological polar surface area (TPSA) is 28.5 Å². The number of ketones is 1. The molecule has 1 aromatic heterocycles. The molecule has 2 fully saturated rings. The zero-order chi connectivity index (χ0) is 20.2. The predicted molar refractivity (Wildman–Crippen MR) is 119 cm³/mol. The number of aromatic nitrogens is 1. The Kier molecular flexibility index (Phi) is 6.51. The van der Waals surface area contributed by atoms with Gasteiger partial charge in [-0.25, -0.2) is 0 Å². The van der Waals surface area contributed by atoms with Gasteiger partial charge in [0.25, 0.3) is 0 Å². The molecule has 2 heterocycles. The minimum Gasteiger partial charge on any atom is -0.348 e. The van der Waals surface area contributed by atoms with Crippen molar-refractivity contribution < 1.29 is 4.79 Å². The summed E-state index contributed by atoms with van der Waals surface area (Å²) in [5, 5.41) is 0. The second-order valence-corrected chi connectivity index (χ2v) is 8.85. The molecular formula is C25H35N3O. The van der Waals surface area contributed by atoms with Gasteiger partial charge in [0.2, 0.25) is 0 Å². The summed E-state index contributed by atoms with van der Waals surface area (Å²) in [6.45, 7) is 9.99. The lowest BCUT2D eigenvalue weighted by Crippen LogP contribution is -2.50. The number of Topliss-reactive ketones (excluding diaryl/α,β-unsaturated/α-hetero) is 1. The standard InChI is InChI=1S/C25H35N3O/c1-20-18-24(21(2)28(20)13-12-22-8-4-3-5-9-22)25(29)19-26-14-16-27(17-15-26)23-10-6-7-11-23/h3-5,8-9,18,23H,6-7,10-17,19H2,1-2H3. The smallest absolute Gasteiger partial charge is 0.178 e. The molecule has 29 heavy (non-hydrogen) atoms. The summed E-state index contributed by atoms with van der Waals surface area (Å²) >= 11 is 0. The number of aryl methyl sites for hydroxylation is 2. The first-order valence-electron chi connectivity index (χ1n) is 11.3. The van der Waals surface area contributed by atoms with E-state index in [1.54, 1.807) is 0 Å². The van der Waals surface area contributed by atoms with E-state index in [1.807, 2.05) is 0 Å². The zero-order valence-electron chi connectivity index (χ0n) is 18.1. The Bertz CT molecular complexity index is 812. The number of rotatable bonds is 7.